The molecule has 0 aromatic carbocycles. The molecule has 0 aromatic rings. The summed E-state index contributed by atoms with van der Waals surface area (Å²) in [4.78, 5) is 0. The summed E-state index contributed by atoms with van der Waals surface area (Å²) in [6, 6.07) is 0. The van der Waals surface area contributed by atoms with Crippen molar-refractivity contribution in [3.8, 4) is 0 Å². The van der Waals surface area contributed by atoms with Gasteiger partial charge in [0.05, 0.1) is 18.3 Å². The van der Waals surface area contributed by atoms with E-state index >= 15 is 0 Å². The fourth-order valence-corrected chi connectivity index (χ4v) is 2.94. The summed E-state index contributed by atoms with van der Waals surface area (Å²) in [7, 11) is 0. The molecular formula is C14H26O8. The van der Waals surface area contributed by atoms with Crippen molar-refractivity contribution in [1.82, 2.24) is 0 Å². The third kappa shape index (κ3) is 3.29. The second-order valence-electron chi connectivity index (χ2n) is 6.05. The Labute approximate surface area is 129 Å². The summed E-state index contributed by atoms with van der Waals surface area (Å²) in [5.41, 5.74) is 0. The van der Waals surface area contributed by atoms with E-state index in [1.807, 2.05) is 6.92 Å². The lowest BCUT2D eigenvalue weighted by molar-refractivity contribution is -0.334. The highest BCUT2D eigenvalue weighted by atomic mass is 16.7. The smallest absolute Gasteiger partial charge is 0.187 e. The molecule has 8 nitrogen and oxygen atoms in total. The Kier molecular flexibility index (Phi) is 5.79. The Hall–Kier alpha value is -0.320. The van der Waals surface area contributed by atoms with E-state index in [4.69, 9.17) is 14.2 Å². The maximum atomic E-state index is 10.2. The summed E-state index contributed by atoms with van der Waals surface area (Å²) in [6.07, 6.45) is -9.80. The maximum absolute atomic E-state index is 10.2. The molecular weight excluding hydrogens is 296 g/mol. The molecule has 0 bridgehead atoms. The maximum Gasteiger partial charge on any atom is 0.187 e. The van der Waals surface area contributed by atoms with Gasteiger partial charge in [0.1, 0.15) is 36.6 Å². The highest BCUT2D eigenvalue weighted by Gasteiger charge is 2.48. The van der Waals surface area contributed by atoms with Gasteiger partial charge >= 0.3 is 0 Å². The van der Waals surface area contributed by atoms with E-state index in [1.54, 1.807) is 6.92 Å². The zero-order valence-electron chi connectivity index (χ0n) is 12.9. The van der Waals surface area contributed by atoms with Gasteiger partial charge in [0, 0.05) is 0 Å². The molecule has 2 rings (SSSR count). The topological polar surface area (TPSA) is 129 Å². The summed E-state index contributed by atoms with van der Waals surface area (Å²) in [5, 5.41) is 49.6. The van der Waals surface area contributed by atoms with Crippen LogP contribution in [0.1, 0.15) is 27.2 Å². The first-order valence-electron chi connectivity index (χ1n) is 7.64. The van der Waals surface area contributed by atoms with Crippen molar-refractivity contribution in [3.63, 3.8) is 0 Å². The number of hydrogen-bond donors (Lipinski definition) is 5. The summed E-state index contributed by atoms with van der Waals surface area (Å²) in [6.45, 7) is 5.06. The lowest BCUT2D eigenvalue weighted by Crippen LogP contribution is -2.62. The minimum atomic E-state index is -1.47. The van der Waals surface area contributed by atoms with Crippen LogP contribution >= 0.6 is 0 Å². The molecule has 2 heterocycles. The van der Waals surface area contributed by atoms with Crippen LogP contribution in [-0.2, 0) is 14.2 Å². The van der Waals surface area contributed by atoms with Crippen LogP contribution in [-0.4, -0.2) is 86.8 Å². The monoisotopic (exact) mass is 322 g/mol. The number of aliphatic hydroxyl groups excluding tert-OH is 5. The van der Waals surface area contributed by atoms with Crippen molar-refractivity contribution >= 4 is 0 Å². The first kappa shape index (κ1) is 18.0. The second-order valence-corrected chi connectivity index (χ2v) is 6.05. The average Bonchev–Trinajstić information content (AvgIpc) is 2.49. The Morgan fingerprint density at radius 3 is 2.00 bits per heavy atom. The van der Waals surface area contributed by atoms with Crippen LogP contribution in [0.5, 0.6) is 0 Å². The third-order valence-corrected chi connectivity index (χ3v) is 4.42. The zero-order valence-corrected chi connectivity index (χ0v) is 12.9. The van der Waals surface area contributed by atoms with Crippen LogP contribution in [0.3, 0.4) is 0 Å². The molecule has 2 aliphatic heterocycles. The molecule has 2 aliphatic rings. The van der Waals surface area contributed by atoms with Crippen molar-refractivity contribution in [3.05, 3.63) is 0 Å². The molecule has 5 N–H and O–H groups in total. The van der Waals surface area contributed by atoms with Crippen LogP contribution < -0.4 is 0 Å². The SMILES string of the molecule is CCC1OC(C)C(OC2OC(C)C(O)[C@H](O)[C@@H]2O)[C@H](O)[C@@H]1O. The van der Waals surface area contributed by atoms with Gasteiger partial charge in [-0.1, -0.05) is 6.92 Å². The Bertz CT molecular complexity index is 367. The molecule has 0 saturated carbocycles. The van der Waals surface area contributed by atoms with E-state index in [9.17, 15) is 25.5 Å². The van der Waals surface area contributed by atoms with Crippen molar-refractivity contribution in [2.75, 3.05) is 0 Å². The van der Waals surface area contributed by atoms with Gasteiger partial charge in [-0.2, -0.15) is 0 Å². The molecule has 22 heavy (non-hydrogen) atoms. The molecule has 0 aromatic heterocycles. The quantitative estimate of drug-likeness (QED) is 0.408. The van der Waals surface area contributed by atoms with Gasteiger partial charge in [-0.15, -0.1) is 0 Å². The van der Waals surface area contributed by atoms with Crippen molar-refractivity contribution in [2.24, 2.45) is 0 Å². The van der Waals surface area contributed by atoms with Crippen molar-refractivity contribution in [2.45, 2.75) is 88.4 Å². The Balaban J connectivity index is 2.06. The summed E-state index contributed by atoms with van der Waals surface area (Å²) in [5.74, 6) is 0. The number of aliphatic hydroxyl groups is 5. The standard InChI is InChI=1S/C14H26O8/c1-4-7-9(16)11(18)13(6(3)20-7)22-14-12(19)10(17)8(15)5(2)21-14/h5-19H,4H2,1-3H3/t5?,6?,7?,8?,9-,10+,11-,12+,13?,14?/m1/s1. The third-order valence-electron chi connectivity index (χ3n) is 4.42. The molecule has 0 radical (unpaired) electrons. The molecule has 10 atom stereocenters. The van der Waals surface area contributed by atoms with E-state index in [0.29, 0.717) is 6.42 Å². The number of rotatable bonds is 3. The lowest BCUT2D eigenvalue weighted by Gasteiger charge is -2.45. The van der Waals surface area contributed by atoms with Gasteiger partial charge in [0.2, 0.25) is 0 Å². The highest BCUT2D eigenvalue weighted by molar-refractivity contribution is 4.93. The Morgan fingerprint density at radius 2 is 1.41 bits per heavy atom. The van der Waals surface area contributed by atoms with E-state index < -0.39 is 61.2 Å². The van der Waals surface area contributed by atoms with E-state index in [-0.39, 0.29) is 0 Å². The lowest BCUT2D eigenvalue weighted by atomic mass is 9.93. The molecule has 130 valence electrons. The summed E-state index contributed by atoms with van der Waals surface area (Å²) >= 11 is 0. The normalized spacial score (nSPS) is 53.5. The van der Waals surface area contributed by atoms with E-state index in [1.165, 1.54) is 6.92 Å². The van der Waals surface area contributed by atoms with Crippen LogP contribution in [0.2, 0.25) is 0 Å². The highest BCUT2D eigenvalue weighted by Crippen LogP contribution is 2.29. The van der Waals surface area contributed by atoms with Crippen LogP contribution in [0.4, 0.5) is 0 Å². The van der Waals surface area contributed by atoms with E-state index in [0.717, 1.165) is 0 Å². The number of hydrogen-bond acceptors (Lipinski definition) is 8. The molecule has 0 spiro atoms. The first-order valence-corrected chi connectivity index (χ1v) is 7.64. The first-order chi connectivity index (χ1) is 10.3. The van der Waals surface area contributed by atoms with Gasteiger partial charge in [-0.3, -0.25) is 0 Å². The fraction of sp³-hybridized carbons (Fsp3) is 1.00. The molecule has 0 aliphatic carbocycles. The minimum absolute atomic E-state index is 0.492. The second kappa shape index (κ2) is 7.06. The average molecular weight is 322 g/mol. The predicted molar refractivity (Wildman–Crippen MR) is 73.9 cm³/mol. The van der Waals surface area contributed by atoms with Crippen molar-refractivity contribution in [1.29, 1.82) is 0 Å². The van der Waals surface area contributed by atoms with Gasteiger partial charge in [0.25, 0.3) is 0 Å². The number of ether oxygens (including phenoxy) is 3. The largest absolute Gasteiger partial charge is 0.388 e. The molecule has 2 fully saturated rings. The Morgan fingerprint density at radius 1 is 0.773 bits per heavy atom. The van der Waals surface area contributed by atoms with Gasteiger partial charge < -0.3 is 39.7 Å². The predicted octanol–water partition coefficient (Wildman–Crippen LogP) is -1.88. The molecule has 0 amide bonds. The van der Waals surface area contributed by atoms with Crippen LogP contribution in [0, 0.1) is 0 Å². The van der Waals surface area contributed by atoms with Gasteiger partial charge in [0.15, 0.2) is 6.29 Å². The van der Waals surface area contributed by atoms with Gasteiger partial charge in [-0.25, -0.2) is 0 Å². The molecule has 8 heteroatoms. The molecule has 6 unspecified atom stereocenters. The zero-order chi connectivity index (χ0) is 16.6. The molecule has 2 saturated heterocycles. The fourth-order valence-electron chi connectivity index (χ4n) is 2.94. The van der Waals surface area contributed by atoms with Crippen LogP contribution in [0.15, 0.2) is 0 Å². The van der Waals surface area contributed by atoms with Gasteiger partial charge in [-0.05, 0) is 20.3 Å². The van der Waals surface area contributed by atoms with Crippen LogP contribution in [0.25, 0.3) is 0 Å². The van der Waals surface area contributed by atoms with Crippen molar-refractivity contribution < 1.29 is 39.7 Å². The minimum Gasteiger partial charge on any atom is -0.388 e. The summed E-state index contributed by atoms with van der Waals surface area (Å²) < 4.78 is 16.5. The van der Waals surface area contributed by atoms with E-state index in [2.05, 4.69) is 0 Å².